The normalized spacial score (nSPS) is 11.1. The van der Waals surface area contributed by atoms with Crippen LogP contribution in [0.25, 0.3) is 34.2 Å². The largest absolute Gasteiger partial charge is 0.497 e. The van der Waals surface area contributed by atoms with Crippen LogP contribution in [-0.4, -0.2) is 31.5 Å². The van der Waals surface area contributed by atoms with E-state index in [2.05, 4.69) is 15.3 Å². The van der Waals surface area contributed by atoms with E-state index >= 15 is 0 Å². The van der Waals surface area contributed by atoms with Crippen LogP contribution in [0.2, 0.25) is 0 Å². The van der Waals surface area contributed by atoms with Crippen molar-refractivity contribution in [1.29, 1.82) is 0 Å². The summed E-state index contributed by atoms with van der Waals surface area (Å²) in [7, 11) is 1.59. The van der Waals surface area contributed by atoms with Gasteiger partial charge in [-0.15, -0.1) is 15.3 Å². The predicted molar refractivity (Wildman–Crippen MR) is 106 cm³/mol. The van der Waals surface area contributed by atoms with Gasteiger partial charge in [-0.25, -0.2) is 9.20 Å². The Labute approximate surface area is 164 Å². The van der Waals surface area contributed by atoms with Crippen LogP contribution >= 0.6 is 0 Å². The van der Waals surface area contributed by atoms with Crippen molar-refractivity contribution in [2.24, 2.45) is 0 Å². The minimum absolute atomic E-state index is 0.271. The fourth-order valence-electron chi connectivity index (χ4n) is 3.04. The Balaban J connectivity index is 1.54. The lowest BCUT2D eigenvalue weighted by atomic mass is 10.2. The second-order valence-corrected chi connectivity index (χ2v) is 6.31. The Bertz CT molecular complexity index is 1350. The maximum atomic E-state index is 12.7. The number of benzene rings is 2. The number of aromatic nitrogens is 5. The molecule has 0 saturated carbocycles. The van der Waals surface area contributed by atoms with Crippen LogP contribution in [0.1, 0.15) is 0 Å². The molecule has 0 aliphatic heterocycles. The predicted octanol–water partition coefficient (Wildman–Crippen LogP) is 3.21. The number of hydrogen-bond donors (Lipinski definition) is 0. The third kappa shape index (κ3) is 2.96. The molecule has 0 spiro atoms. The van der Waals surface area contributed by atoms with Crippen LogP contribution < -0.4 is 10.4 Å². The van der Waals surface area contributed by atoms with E-state index in [0.29, 0.717) is 34.4 Å². The molecule has 2 aromatic carbocycles. The molecule has 0 bridgehead atoms. The molecule has 0 N–H and O–H groups in total. The number of pyridine rings is 1. The average molecular weight is 385 g/mol. The van der Waals surface area contributed by atoms with Crippen LogP contribution in [0.5, 0.6) is 5.75 Å². The Kier molecular flexibility index (Phi) is 3.94. The summed E-state index contributed by atoms with van der Waals surface area (Å²) in [5, 5.41) is 12.7. The molecule has 8 nitrogen and oxygen atoms in total. The number of nitrogens with zero attached hydrogens (tertiary/aromatic N) is 5. The van der Waals surface area contributed by atoms with Gasteiger partial charge in [-0.1, -0.05) is 18.2 Å². The number of ether oxygens (including phenoxy) is 1. The summed E-state index contributed by atoms with van der Waals surface area (Å²) < 4.78 is 13.7. The standard InChI is InChI=1S/C21H15N5O3/c1-28-17-9-7-16(8-10-17)26-21(27)25-12-11-15(13-18(25)24-26)20-23-22-19(29-20)14-5-3-2-4-6-14/h2-13H,1H3. The molecule has 5 aromatic rings. The third-order valence-electron chi connectivity index (χ3n) is 4.53. The van der Waals surface area contributed by atoms with E-state index < -0.39 is 0 Å². The van der Waals surface area contributed by atoms with Crippen molar-refractivity contribution >= 4 is 5.65 Å². The van der Waals surface area contributed by atoms with Crippen molar-refractivity contribution < 1.29 is 9.15 Å². The lowest BCUT2D eigenvalue weighted by molar-refractivity contribution is 0.414. The van der Waals surface area contributed by atoms with E-state index in [1.54, 1.807) is 49.7 Å². The van der Waals surface area contributed by atoms with Gasteiger partial charge in [-0.2, -0.15) is 4.68 Å². The minimum atomic E-state index is -0.271. The number of rotatable bonds is 4. The summed E-state index contributed by atoms with van der Waals surface area (Å²) >= 11 is 0. The van der Waals surface area contributed by atoms with Crippen molar-refractivity contribution in [3.63, 3.8) is 0 Å². The van der Waals surface area contributed by atoms with Crippen molar-refractivity contribution in [2.45, 2.75) is 0 Å². The van der Waals surface area contributed by atoms with Crippen molar-refractivity contribution in [1.82, 2.24) is 24.4 Å². The van der Waals surface area contributed by atoms with E-state index in [-0.39, 0.29) is 5.69 Å². The first-order chi connectivity index (χ1) is 14.2. The summed E-state index contributed by atoms with van der Waals surface area (Å²) in [4.78, 5) is 12.7. The first kappa shape index (κ1) is 16.9. The zero-order valence-corrected chi connectivity index (χ0v) is 15.4. The summed E-state index contributed by atoms with van der Waals surface area (Å²) in [5.74, 6) is 1.50. The lowest BCUT2D eigenvalue weighted by Crippen LogP contribution is -2.19. The Morgan fingerprint density at radius 2 is 1.62 bits per heavy atom. The molecule has 0 unspecified atom stereocenters. The maximum absolute atomic E-state index is 12.7. The highest BCUT2D eigenvalue weighted by molar-refractivity contribution is 5.61. The van der Waals surface area contributed by atoms with Gasteiger partial charge in [-0.05, 0) is 48.5 Å². The number of methoxy groups -OCH3 is 1. The Morgan fingerprint density at radius 3 is 2.34 bits per heavy atom. The van der Waals surface area contributed by atoms with Gasteiger partial charge < -0.3 is 9.15 Å². The Hall–Kier alpha value is -4.20. The molecule has 0 amide bonds. The van der Waals surface area contributed by atoms with Crippen LogP contribution in [-0.2, 0) is 0 Å². The second-order valence-electron chi connectivity index (χ2n) is 6.31. The third-order valence-corrected chi connectivity index (χ3v) is 4.53. The SMILES string of the molecule is COc1ccc(-n2nc3cc(-c4nnc(-c5ccccc5)o4)ccn3c2=O)cc1. The molecule has 0 aliphatic carbocycles. The summed E-state index contributed by atoms with van der Waals surface area (Å²) in [6.45, 7) is 0. The molecular formula is C21H15N5O3. The van der Waals surface area contributed by atoms with E-state index in [1.165, 1.54) is 9.08 Å². The maximum Gasteiger partial charge on any atom is 0.355 e. The van der Waals surface area contributed by atoms with Gasteiger partial charge in [0.1, 0.15) is 5.75 Å². The molecule has 0 saturated heterocycles. The van der Waals surface area contributed by atoms with E-state index in [0.717, 1.165) is 5.56 Å². The molecule has 3 aromatic heterocycles. The highest BCUT2D eigenvalue weighted by atomic mass is 16.5. The summed E-state index contributed by atoms with van der Waals surface area (Å²) in [6, 6.07) is 20.1. The Morgan fingerprint density at radius 1 is 0.897 bits per heavy atom. The molecule has 0 radical (unpaired) electrons. The topological polar surface area (TPSA) is 87.4 Å². The van der Waals surface area contributed by atoms with E-state index in [4.69, 9.17) is 9.15 Å². The van der Waals surface area contributed by atoms with Gasteiger partial charge in [0.25, 0.3) is 0 Å². The quantitative estimate of drug-likeness (QED) is 0.472. The van der Waals surface area contributed by atoms with Gasteiger partial charge in [0, 0.05) is 17.3 Å². The first-order valence-corrected chi connectivity index (χ1v) is 8.88. The summed E-state index contributed by atoms with van der Waals surface area (Å²) in [5.41, 5.74) is 2.37. The first-order valence-electron chi connectivity index (χ1n) is 8.88. The molecule has 0 atom stereocenters. The van der Waals surface area contributed by atoms with Gasteiger partial charge in [-0.3, -0.25) is 0 Å². The van der Waals surface area contributed by atoms with Crippen molar-refractivity contribution in [3.8, 4) is 34.3 Å². The molecule has 5 rings (SSSR count). The summed E-state index contributed by atoms with van der Waals surface area (Å²) in [6.07, 6.45) is 1.65. The zero-order valence-electron chi connectivity index (χ0n) is 15.4. The van der Waals surface area contributed by atoms with Crippen LogP contribution in [0, 0.1) is 0 Å². The molecular weight excluding hydrogens is 370 g/mol. The highest BCUT2D eigenvalue weighted by Crippen LogP contribution is 2.24. The second kappa shape index (κ2) is 6.75. The minimum Gasteiger partial charge on any atom is -0.497 e. The molecule has 0 fully saturated rings. The van der Waals surface area contributed by atoms with Gasteiger partial charge >= 0.3 is 5.69 Å². The molecule has 29 heavy (non-hydrogen) atoms. The average Bonchev–Trinajstić information content (AvgIpc) is 3.40. The van der Waals surface area contributed by atoms with E-state index in [1.807, 2.05) is 30.3 Å². The molecule has 8 heteroatoms. The van der Waals surface area contributed by atoms with Gasteiger partial charge in [0.05, 0.1) is 12.8 Å². The van der Waals surface area contributed by atoms with Gasteiger partial charge in [0.15, 0.2) is 5.65 Å². The molecule has 0 aliphatic rings. The molecule has 142 valence electrons. The highest BCUT2D eigenvalue weighted by Gasteiger charge is 2.14. The van der Waals surface area contributed by atoms with E-state index in [9.17, 15) is 4.79 Å². The van der Waals surface area contributed by atoms with Crippen molar-refractivity contribution in [2.75, 3.05) is 7.11 Å². The molecule has 3 heterocycles. The number of hydrogen-bond acceptors (Lipinski definition) is 6. The fourth-order valence-corrected chi connectivity index (χ4v) is 3.04. The number of fused-ring (bicyclic) bond motifs is 1. The zero-order chi connectivity index (χ0) is 19.8. The van der Waals surface area contributed by atoms with Crippen LogP contribution in [0.15, 0.2) is 82.1 Å². The smallest absolute Gasteiger partial charge is 0.355 e. The van der Waals surface area contributed by atoms with Gasteiger partial charge in [0.2, 0.25) is 11.8 Å². The van der Waals surface area contributed by atoms with Crippen molar-refractivity contribution in [3.05, 3.63) is 83.4 Å². The monoisotopic (exact) mass is 385 g/mol. The lowest BCUT2D eigenvalue weighted by Gasteiger charge is -2.01. The van der Waals surface area contributed by atoms with Crippen LogP contribution in [0.4, 0.5) is 0 Å². The fraction of sp³-hybridized carbons (Fsp3) is 0.0476. The van der Waals surface area contributed by atoms with Crippen LogP contribution in [0.3, 0.4) is 0 Å².